The number of aryl methyl sites for hydroxylation is 1. The Kier molecular flexibility index (Phi) is 4.40. The van der Waals surface area contributed by atoms with Gasteiger partial charge in [0.1, 0.15) is 0 Å². The zero-order valence-corrected chi connectivity index (χ0v) is 16.2. The molecule has 0 unspecified atom stereocenters. The van der Waals surface area contributed by atoms with Crippen LogP contribution in [-0.4, -0.2) is 27.1 Å². The number of nitrogens with zero attached hydrogens (tertiary/aromatic N) is 3. The van der Waals surface area contributed by atoms with Gasteiger partial charge in [0.15, 0.2) is 11.5 Å². The van der Waals surface area contributed by atoms with Gasteiger partial charge in [-0.1, -0.05) is 18.2 Å². The lowest BCUT2D eigenvalue weighted by molar-refractivity contribution is -0.111. The fourth-order valence-electron chi connectivity index (χ4n) is 3.39. The highest BCUT2D eigenvalue weighted by atomic mass is 16.7. The molecule has 0 saturated carbocycles. The van der Waals surface area contributed by atoms with Crippen molar-refractivity contribution in [2.45, 2.75) is 6.92 Å². The van der Waals surface area contributed by atoms with Crippen molar-refractivity contribution >= 4 is 23.4 Å². The van der Waals surface area contributed by atoms with Crippen molar-refractivity contribution in [2.75, 3.05) is 12.1 Å². The molecule has 3 heterocycles. The van der Waals surface area contributed by atoms with E-state index in [0.717, 1.165) is 22.5 Å². The Labute approximate surface area is 172 Å². The van der Waals surface area contributed by atoms with Crippen molar-refractivity contribution in [1.29, 1.82) is 0 Å². The standard InChI is InChI=1S/C23H18N4O3/c1-15-22(26-23-24-10-3-11-27(15)23)17-4-2-5-18(13-17)25-21(28)9-7-16-6-8-19-20(12-16)30-14-29-19/h2-13H,14H2,1H3,(H,25,28)/b9-7+. The number of rotatable bonds is 4. The van der Waals surface area contributed by atoms with Crippen LogP contribution in [0.3, 0.4) is 0 Å². The van der Waals surface area contributed by atoms with E-state index >= 15 is 0 Å². The first-order valence-electron chi connectivity index (χ1n) is 9.46. The van der Waals surface area contributed by atoms with Crippen LogP contribution < -0.4 is 14.8 Å². The van der Waals surface area contributed by atoms with Gasteiger partial charge in [-0.05, 0) is 48.9 Å². The van der Waals surface area contributed by atoms with E-state index < -0.39 is 0 Å². The summed E-state index contributed by atoms with van der Waals surface area (Å²) < 4.78 is 12.6. The molecule has 5 rings (SSSR count). The number of carbonyl (C=O) groups excluding carboxylic acids is 1. The summed E-state index contributed by atoms with van der Waals surface area (Å²) in [5.74, 6) is 1.82. The van der Waals surface area contributed by atoms with E-state index in [4.69, 9.17) is 9.47 Å². The van der Waals surface area contributed by atoms with E-state index in [1.54, 1.807) is 12.3 Å². The molecule has 4 aromatic rings. The quantitative estimate of drug-likeness (QED) is 0.524. The lowest BCUT2D eigenvalue weighted by atomic mass is 10.1. The number of hydrogen-bond donors (Lipinski definition) is 1. The molecule has 7 nitrogen and oxygen atoms in total. The van der Waals surface area contributed by atoms with Crippen molar-refractivity contribution in [2.24, 2.45) is 0 Å². The van der Waals surface area contributed by atoms with Crippen LogP contribution >= 0.6 is 0 Å². The summed E-state index contributed by atoms with van der Waals surface area (Å²) in [4.78, 5) is 21.3. The molecule has 7 heteroatoms. The van der Waals surface area contributed by atoms with Gasteiger partial charge in [-0.15, -0.1) is 0 Å². The molecule has 0 atom stereocenters. The molecule has 0 saturated heterocycles. The van der Waals surface area contributed by atoms with Gasteiger partial charge in [-0.25, -0.2) is 9.97 Å². The SMILES string of the molecule is Cc1c(-c2cccc(NC(=O)/C=C/c3ccc4c(c3)OCO4)c2)nc2ncccn12. The molecule has 0 aliphatic carbocycles. The third-order valence-corrected chi connectivity index (χ3v) is 4.87. The van der Waals surface area contributed by atoms with Gasteiger partial charge in [0.25, 0.3) is 0 Å². The Bertz CT molecular complexity index is 1290. The van der Waals surface area contributed by atoms with E-state index in [1.807, 2.05) is 66.1 Å². The number of hydrogen-bond acceptors (Lipinski definition) is 5. The number of amides is 1. The first-order chi connectivity index (χ1) is 14.7. The number of nitrogens with one attached hydrogen (secondary N) is 1. The lowest BCUT2D eigenvalue weighted by Gasteiger charge is -2.05. The number of fused-ring (bicyclic) bond motifs is 2. The number of benzene rings is 2. The van der Waals surface area contributed by atoms with Gasteiger partial charge >= 0.3 is 0 Å². The second-order valence-corrected chi connectivity index (χ2v) is 6.85. The summed E-state index contributed by atoms with van der Waals surface area (Å²) >= 11 is 0. The number of aromatic nitrogens is 3. The summed E-state index contributed by atoms with van der Waals surface area (Å²) in [6.07, 6.45) is 6.87. The van der Waals surface area contributed by atoms with Gasteiger partial charge in [0.2, 0.25) is 18.5 Å². The normalized spacial score (nSPS) is 12.6. The van der Waals surface area contributed by atoms with Crippen LogP contribution in [0.25, 0.3) is 23.1 Å². The average Bonchev–Trinajstić information content (AvgIpc) is 3.37. The Hall–Kier alpha value is -4.13. The molecule has 30 heavy (non-hydrogen) atoms. The zero-order valence-electron chi connectivity index (χ0n) is 16.2. The monoisotopic (exact) mass is 398 g/mol. The van der Waals surface area contributed by atoms with Gasteiger partial charge < -0.3 is 14.8 Å². The summed E-state index contributed by atoms with van der Waals surface area (Å²) in [5.41, 5.74) is 4.29. The van der Waals surface area contributed by atoms with Crippen LogP contribution in [-0.2, 0) is 4.79 Å². The van der Waals surface area contributed by atoms with Crippen LogP contribution in [0.2, 0.25) is 0 Å². The molecule has 2 aromatic heterocycles. The van der Waals surface area contributed by atoms with E-state index in [9.17, 15) is 4.79 Å². The lowest BCUT2D eigenvalue weighted by Crippen LogP contribution is -2.07. The Morgan fingerprint density at radius 3 is 2.93 bits per heavy atom. The predicted octanol–water partition coefficient (Wildman–Crippen LogP) is 4.09. The van der Waals surface area contributed by atoms with Gasteiger partial charge in [0, 0.05) is 35.4 Å². The second-order valence-electron chi connectivity index (χ2n) is 6.85. The summed E-state index contributed by atoms with van der Waals surface area (Å²) in [6, 6.07) is 15.0. The van der Waals surface area contributed by atoms with E-state index in [2.05, 4.69) is 15.3 Å². The molecule has 0 fully saturated rings. The van der Waals surface area contributed by atoms with E-state index in [-0.39, 0.29) is 12.7 Å². The molecule has 148 valence electrons. The first kappa shape index (κ1) is 17.9. The number of carbonyl (C=O) groups is 1. The summed E-state index contributed by atoms with van der Waals surface area (Å²) in [5, 5.41) is 2.90. The third-order valence-electron chi connectivity index (χ3n) is 4.87. The Balaban J connectivity index is 1.34. The molecular formula is C23H18N4O3. The molecule has 0 radical (unpaired) electrons. The highest BCUT2D eigenvalue weighted by Gasteiger charge is 2.13. The van der Waals surface area contributed by atoms with Crippen molar-refractivity contribution in [1.82, 2.24) is 14.4 Å². The van der Waals surface area contributed by atoms with Crippen molar-refractivity contribution < 1.29 is 14.3 Å². The van der Waals surface area contributed by atoms with Gasteiger partial charge in [-0.2, -0.15) is 0 Å². The fraction of sp³-hybridized carbons (Fsp3) is 0.0870. The summed E-state index contributed by atoms with van der Waals surface area (Å²) in [6.45, 7) is 2.22. The molecule has 1 amide bonds. The maximum absolute atomic E-state index is 12.4. The number of ether oxygens (including phenoxy) is 2. The zero-order chi connectivity index (χ0) is 20.5. The van der Waals surface area contributed by atoms with Crippen LogP contribution in [0.15, 0.2) is 67.0 Å². The van der Waals surface area contributed by atoms with Gasteiger partial charge in [0.05, 0.1) is 5.69 Å². The topological polar surface area (TPSA) is 77.8 Å². The van der Waals surface area contributed by atoms with Crippen LogP contribution in [0.1, 0.15) is 11.3 Å². The Morgan fingerprint density at radius 2 is 2.03 bits per heavy atom. The number of imidazole rings is 1. The average molecular weight is 398 g/mol. The van der Waals surface area contributed by atoms with Crippen LogP contribution in [0, 0.1) is 6.92 Å². The molecular weight excluding hydrogens is 380 g/mol. The minimum absolute atomic E-state index is 0.223. The third kappa shape index (κ3) is 3.37. The molecule has 2 aromatic carbocycles. The van der Waals surface area contributed by atoms with Crippen molar-refractivity contribution in [3.63, 3.8) is 0 Å². The van der Waals surface area contributed by atoms with Gasteiger partial charge in [-0.3, -0.25) is 9.20 Å². The first-order valence-corrected chi connectivity index (χ1v) is 9.46. The Morgan fingerprint density at radius 1 is 1.13 bits per heavy atom. The second kappa shape index (κ2) is 7.36. The fourth-order valence-corrected chi connectivity index (χ4v) is 3.39. The maximum atomic E-state index is 12.4. The molecule has 0 bridgehead atoms. The van der Waals surface area contributed by atoms with E-state index in [0.29, 0.717) is 23.0 Å². The molecule has 1 N–H and O–H groups in total. The van der Waals surface area contributed by atoms with Crippen LogP contribution in [0.5, 0.6) is 11.5 Å². The largest absolute Gasteiger partial charge is 0.454 e. The molecule has 1 aliphatic rings. The smallest absolute Gasteiger partial charge is 0.248 e. The minimum atomic E-state index is -0.224. The molecule has 1 aliphatic heterocycles. The highest BCUT2D eigenvalue weighted by molar-refractivity contribution is 6.02. The van der Waals surface area contributed by atoms with Crippen molar-refractivity contribution in [3.05, 3.63) is 78.3 Å². The predicted molar refractivity (Wildman–Crippen MR) is 113 cm³/mol. The van der Waals surface area contributed by atoms with E-state index in [1.165, 1.54) is 6.08 Å². The number of anilines is 1. The van der Waals surface area contributed by atoms with Crippen LogP contribution in [0.4, 0.5) is 5.69 Å². The maximum Gasteiger partial charge on any atom is 0.248 e. The molecule has 0 spiro atoms. The summed E-state index contributed by atoms with van der Waals surface area (Å²) in [7, 11) is 0. The highest BCUT2D eigenvalue weighted by Crippen LogP contribution is 2.32. The van der Waals surface area contributed by atoms with Crippen molar-refractivity contribution in [3.8, 4) is 22.8 Å². The minimum Gasteiger partial charge on any atom is -0.454 e.